The number of para-hydroxylation sites is 1. The van der Waals surface area contributed by atoms with Crippen LogP contribution in [0.15, 0.2) is 54.7 Å². The first-order valence-corrected chi connectivity index (χ1v) is 7.33. The van der Waals surface area contributed by atoms with E-state index in [0.29, 0.717) is 0 Å². The number of nitrogens with one attached hydrogen (secondary N) is 1. The van der Waals surface area contributed by atoms with Crippen LogP contribution in [0.1, 0.15) is 22.3 Å². The highest BCUT2D eigenvalue weighted by atomic mass is 14.9. The Labute approximate surface area is 125 Å². The fourth-order valence-electron chi connectivity index (χ4n) is 2.57. The van der Waals surface area contributed by atoms with Gasteiger partial charge in [-0.2, -0.15) is 0 Å². The second-order valence-corrected chi connectivity index (χ2v) is 5.51. The summed E-state index contributed by atoms with van der Waals surface area (Å²) < 4.78 is 0. The van der Waals surface area contributed by atoms with Gasteiger partial charge < -0.3 is 5.32 Å². The average molecular weight is 276 g/mol. The molecule has 106 valence electrons. The molecule has 0 amide bonds. The summed E-state index contributed by atoms with van der Waals surface area (Å²) in [5, 5.41) is 4.71. The molecule has 0 atom stereocenters. The van der Waals surface area contributed by atoms with Gasteiger partial charge in [0.1, 0.15) is 0 Å². The van der Waals surface area contributed by atoms with Crippen molar-refractivity contribution in [3.05, 3.63) is 77.0 Å². The Morgan fingerprint density at radius 2 is 1.76 bits per heavy atom. The molecule has 0 aliphatic rings. The highest BCUT2D eigenvalue weighted by Crippen LogP contribution is 2.16. The van der Waals surface area contributed by atoms with E-state index in [-0.39, 0.29) is 0 Å². The second kappa shape index (κ2) is 6.06. The third-order valence-corrected chi connectivity index (χ3v) is 3.93. The largest absolute Gasteiger partial charge is 0.309 e. The second-order valence-electron chi connectivity index (χ2n) is 5.51. The van der Waals surface area contributed by atoms with E-state index in [1.54, 1.807) is 0 Å². The number of fused-ring (bicyclic) bond motifs is 1. The molecule has 0 saturated carbocycles. The Morgan fingerprint density at radius 1 is 0.905 bits per heavy atom. The lowest BCUT2D eigenvalue weighted by molar-refractivity contribution is 0.695. The molecule has 1 heterocycles. The van der Waals surface area contributed by atoms with E-state index in [1.807, 2.05) is 12.3 Å². The molecule has 0 saturated heterocycles. The average Bonchev–Trinajstić information content (AvgIpc) is 2.51. The standard InChI is InChI=1S/C19H20N2/c1-14-8-9-16(11-15(14)2)12-20-13-18-6-3-5-17-7-4-10-21-19(17)18/h3-11,20H,12-13H2,1-2H3. The van der Waals surface area contributed by atoms with Gasteiger partial charge in [0.25, 0.3) is 0 Å². The highest BCUT2D eigenvalue weighted by molar-refractivity contribution is 5.81. The molecule has 0 aliphatic heterocycles. The van der Waals surface area contributed by atoms with Crippen LogP contribution in [0, 0.1) is 13.8 Å². The first kappa shape index (κ1) is 13.8. The zero-order valence-electron chi connectivity index (χ0n) is 12.6. The fraction of sp³-hybridized carbons (Fsp3) is 0.211. The van der Waals surface area contributed by atoms with Crippen molar-refractivity contribution in [2.24, 2.45) is 0 Å². The lowest BCUT2D eigenvalue weighted by Gasteiger charge is -2.09. The first-order chi connectivity index (χ1) is 10.2. The van der Waals surface area contributed by atoms with Gasteiger partial charge in [0.2, 0.25) is 0 Å². The molecular weight excluding hydrogens is 256 g/mol. The van der Waals surface area contributed by atoms with Crippen molar-refractivity contribution in [3.8, 4) is 0 Å². The molecule has 0 bridgehead atoms. The number of nitrogens with zero attached hydrogens (tertiary/aromatic N) is 1. The minimum Gasteiger partial charge on any atom is -0.309 e. The van der Waals surface area contributed by atoms with Crippen molar-refractivity contribution in [3.63, 3.8) is 0 Å². The number of hydrogen-bond donors (Lipinski definition) is 1. The third kappa shape index (κ3) is 3.11. The molecule has 0 unspecified atom stereocenters. The van der Waals surface area contributed by atoms with Crippen molar-refractivity contribution in [1.29, 1.82) is 0 Å². The van der Waals surface area contributed by atoms with Gasteiger partial charge in [-0.3, -0.25) is 4.98 Å². The maximum absolute atomic E-state index is 4.49. The maximum atomic E-state index is 4.49. The molecule has 0 radical (unpaired) electrons. The van der Waals surface area contributed by atoms with E-state index in [9.17, 15) is 0 Å². The van der Waals surface area contributed by atoms with Crippen molar-refractivity contribution in [2.75, 3.05) is 0 Å². The molecule has 2 nitrogen and oxygen atoms in total. The van der Waals surface area contributed by atoms with Crippen LogP contribution in [-0.4, -0.2) is 4.98 Å². The minimum atomic E-state index is 0.835. The number of aromatic nitrogens is 1. The minimum absolute atomic E-state index is 0.835. The zero-order valence-corrected chi connectivity index (χ0v) is 12.6. The lowest BCUT2D eigenvalue weighted by Crippen LogP contribution is -2.13. The zero-order chi connectivity index (χ0) is 14.7. The summed E-state index contributed by atoms with van der Waals surface area (Å²) in [5.74, 6) is 0. The molecule has 0 spiro atoms. The molecule has 21 heavy (non-hydrogen) atoms. The smallest absolute Gasteiger partial charge is 0.0746 e. The number of aryl methyl sites for hydroxylation is 2. The summed E-state index contributed by atoms with van der Waals surface area (Å²) in [4.78, 5) is 4.49. The number of benzene rings is 2. The van der Waals surface area contributed by atoms with Crippen LogP contribution < -0.4 is 5.32 Å². The van der Waals surface area contributed by atoms with Crippen LogP contribution in [-0.2, 0) is 13.1 Å². The van der Waals surface area contributed by atoms with Crippen LogP contribution in [0.5, 0.6) is 0 Å². The quantitative estimate of drug-likeness (QED) is 0.774. The van der Waals surface area contributed by atoms with E-state index >= 15 is 0 Å². The van der Waals surface area contributed by atoms with Gasteiger partial charge in [0.05, 0.1) is 5.52 Å². The summed E-state index contributed by atoms with van der Waals surface area (Å²) >= 11 is 0. The van der Waals surface area contributed by atoms with Gasteiger partial charge in [-0.05, 0) is 42.2 Å². The maximum Gasteiger partial charge on any atom is 0.0746 e. The molecule has 3 aromatic rings. The van der Waals surface area contributed by atoms with Crippen molar-refractivity contribution in [2.45, 2.75) is 26.9 Å². The Morgan fingerprint density at radius 3 is 2.62 bits per heavy atom. The number of hydrogen-bond acceptors (Lipinski definition) is 2. The van der Waals surface area contributed by atoms with E-state index in [4.69, 9.17) is 0 Å². The Kier molecular flexibility index (Phi) is 3.98. The summed E-state index contributed by atoms with van der Waals surface area (Å²) in [7, 11) is 0. The summed E-state index contributed by atoms with van der Waals surface area (Å²) in [5.41, 5.74) is 6.36. The predicted octanol–water partition coefficient (Wildman–Crippen LogP) is 4.14. The van der Waals surface area contributed by atoms with Crippen LogP contribution in [0.3, 0.4) is 0 Å². The topological polar surface area (TPSA) is 24.9 Å². The van der Waals surface area contributed by atoms with Gasteiger partial charge in [-0.15, -0.1) is 0 Å². The van der Waals surface area contributed by atoms with E-state index in [2.05, 4.69) is 66.6 Å². The van der Waals surface area contributed by atoms with E-state index in [0.717, 1.165) is 18.6 Å². The molecule has 2 heteroatoms. The van der Waals surface area contributed by atoms with Crippen LogP contribution in [0.25, 0.3) is 10.9 Å². The SMILES string of the molecule is Cc1ccc(CNCc2cccc3cccnc23)cc1C. The molecule has 0 aliphatic carbocycles. The summed E-state index contributed by atoms with van der Waals surface area (Å²) in [6.45, 7) is 6.02. The highest BCUT2D eigenvalue weighted by Gasteiger charge is 2.02. The predicted molar refractivity (Wildman–Crippen MR) is 88.2 cm³/mol. The molecule has 2 aromatic carbocycles. The summed E-state index contributed by atoms with van der Waals surface area (Å²) in [6.07, 6.45) is 1.86. The molecule has 3 rings (SSSR count). The van der Waals surface area contributed by atoms with Gasteiger partial charge in [-0.1, -0.05) is 42.5 Å². The van der Waals surface area contributed by atoms with Gasteiger partial charge in [0.15, 0.2) is 0 Å². The fourth-order valence-corrected chi connectivity index (χ4v) is 2.57. The summed E-state index contributed by atoms with van der Waals surface area (Å²) in [6, 6.07) is 17.1. The van der Waals surface area contributed by atoms with Crippen LogP contribution in [0.2, 0.25) is 0 Å². The molecule has 1 N–H and O–H groups in total. The Balaban J connectivity index is 1.70. The Bertz CT molecular complexity index is 757. The Hall–Kier alpha value is -2.19. The number of rotatable bonds is 4. The van der Waals surface area contributed by atoms with Gasteiger partial charge in [0, 0.05) is 24.7 Å². The molecule has 0 fully saturated rings. The van der Waals surface area contributed by atoms with Crippen LogP contribution >= 0.6 is 0 Å². The third-order valence-electron chi connectivity index (χ3n) is 3.93. The van der Waals surface area contributed by atoms with Crippen LogP contribution in [0.4, 0.5) is 0 Å². The van der Waals surface area contributed by atoms with Crippen molar-refractivity contribution < 1.29 is 0 Å². The van der Waals surface area contributed by atoms with E-state index < -0.39 is 0 Å². The van der Waals surface area contributed by atoms with Crippen molar-refractivity contribution in [1.82, 2.24) is 10.3 Å². The molecular formula is C19H20N2. The monoisotopic (exact) mass is 276 g/mol. The normalized spacial score (nSPS) is 11.0. The van der Waals surface area contributed by atoms with Gasteiger partial charge >= 0.3 is 0 Å². The van der Waals surface area contributed by atoms with E-state index in [1.165, 1.54) is 27.6 Å². The van der Waals surface area contributed by atoms with Gasteiger partial charge in [-0.25, -0.2) is 0 Å². The first-order valence-electron chi connectivity index (χ1n) is 7.33. The molecule has 1 aromatic heterocycles. The van der Waals surface area contributed by atoms with Crippen molar-refractivity contribution >= 4 is 10.9 Å². The lowest BCUT2D eigenvalue weighted by atomic mass is 10.1. The number of pyridine rings is 1.